The maximum Gasteiger partial charge on any atom is 0.317 e. The standard InChI is InChI=1S/C17H23N3O6/c1-2-18(11-17(22)23)13-6-8-19(9-7-13)16(21)12-26-15-5-3-4-14(10-15)20(24)25/h3-5,10,13H,2,6-9,11-12H2,1H3,(H,22,23). The molecule has 1 aromatic rings. The molecule has 0 atom stereocenters. The summed E-state index contributed by atoms with van der Waals surface area (Å²) in [6.45, 7) is 3.48. The van der Waals surface area contributed by atoms with Crippen molar-refractivity contribution in [2.45, 2.75) is 25.8 Å². The molecule has 0 spiro atoms. The van der Waals surface area contributed by atoms with Crippen LogP contribution in [0.25, 0.3) is 0 Å². The van der Waals surface area contributed by atoms with E-state index in [2.05, 4.69) is 0 Å². The molecule has 0 bridgehead atoms. The second kappa shape index (κ2) is 9.14. The Kier molecular flexibility index (Phi) is 6.90. The highest BCUT2D eigenvalue weighted by atomic mass is 16.6. The minimum absolute atomic E-state index is 0.00497. The third-order valence-corrected chi connectivity index (χ3v) is 4.47. The second-order valence-electron chi connectivity index (χ2n) is 6.11. The molecule has 9 heteroatoms. The molecule has 1 aliphatic heterocycles. The van der Waals surface area contributed by atoms with Crippen LogP contribution in [-0.2, 0) is 9.59 Å². The summed E-state index contributed by atoms with van der Waals surface area (Å²) in [7, 11) is 0. The van der Waals surface area contributed by atoms with E-state index in [9.17, 15) is 19.7 Å². The first kappa shape index (κ1) is 19.6. The number of carbonyl (C=O) groups excluding carboxylic acids is 1. The average molecular weight is 365 g/mol. The molecule has 1 saturated heterocycles. The van der Waals surface area contributed by atoms with Gasteiger partial charge in [0.2, 0.25) is 0 Å². The number of aliphatic carboxylic acids is 1. The number of carboxylic acids is 1. The van der Waals surface area contributed by atoms with Gasteiger partial charge >= 0.3 is 5.97 Å². The third-order valence-electron chi connectivity index (χ3n) is 4.47. The maximum absolute atomic E-state index is 12.3. The third kappa shape index (κ3) is 5.41. The topological polar surface area (TPSA) is 113 Å². The van der Waals surface area contributed by atoms with Gasteiger partial charge in [-0.25, -0.2) is 0 Å². The molecular formula is C17H23N3O6. The number of nitro benzene ring substituents is 1. The number of ether oxygens (including phenoxy) is 1. The molecule has 26 heavy (non-hydrogen) atoms. The largest absolute Gasteiger partial charge is 0.484 e. The number of hydrogen-bond acceptors (Lipinski definition) is 6. The van der Waals surface area contributed by atoms with Gasteiger partial charge in [-0.05, 0) is 25.5 Å². The van der Waals surface area contributed by atoms with Gasteiger partial charge in [0.1, 0.15) is 5.75 Å². The van der Waals surface area contributed by atoms with Gasteiger partial charge < -0.3 is 14.7 Å². The van der Waals surface area contributed by atoms with Crippen molar-refractivity contribution in [3.05, 3.63) is 34.4 Å². The van der Waals surface area contributed by atoms with Gasteiger partial charge in [0.05, 0.1) is 17.5 Å². The minimum Gasteiger partial charge on any atom is -0.484 e. The van der Waals surface area contributed by atoms with Gasteiger partial charge in [0.15, 0.2) is 6.61 Å². The summed E-state index contributed by atoms with van der Waals surface area (Å²) in [5, 5.41) is 19.7. The Morgan fingerprint density at radius 3 is 2.65 bits per heavy atom. The zero-order valence-electron chi connectivity index (χ0n) is 14.7. The Balaban J connectivity index is 1.82. The van der Waals surface area contributed by atoms with Crippen molar-refractivity contribution in [2.75, 3.05) is 32.8 Å². The van der Waals surface area contributed by atoms with Gasteiger partial charge in [-0.3, -0.25) is 24.6 Å². The molecule has 142 valence electrons. The Labute approximate surface area is 151 Å². The van der Waals surface area contributed by atoms with Crippen molar-refractivity contribution in [3.8, 4) is 5.75 Å². The first-order valence-corrected chi connectivity index (χ1v) is 8.51. The highest BCUT2D eigenvalue weighted by Gasteiger charge is 2.27. The van der Waals surface area contributed by atoms with Crippen LogP contribution in [-0.4, -0.2) is 70.5 Å². The van der Waals surface area contributed by atoms with Crippen molar-refractivity contribution in [1.82, 2.24) is 9.80 Å². The Morgan fingerprint density at radius 2 is 2.08 bits per heavy atom. The van der Waals surface area contributed by atoms with Crippen LogP contribution in [0.15, 0.2) is 24.3 Å². The Hall–Kier alpha value is -2.68. The molecule has 9 nitrogen and oxygen atoms in total. The van der Waals surface area contributed by atoms with E-state index in [0.717, 1.165) is 0 Å². The van der Waals surface area contributed by atoms with Gasteiger partial charge in [0.25, 0.3) is 11.6 Å². The van der Waals surface area contributed by atoms with Crippen LogP contribution in [0.4, 0.5) is 5.69 Å². The second-order valence-corrected chi connectivity index (χ2v) is 6.11. The quantitative estimate of drug-likeness (QED) is 0.547. The number of likely N-dealkylation sites (tertiary alicyclic amines) is 1. The van der Waals surface area contributed by atoms with Crippen molar-refractivity contribution in [1.29, 1.82) is 0 Å². The molecule has 1 aliphatic rings. The summed E-state index contributed by atoms with van der Waals surface area (Å²) in [5.41, 5.74) is -0.0890. The van der Waals surface area contributed by atoms with Crippen LogP contribution in [0.2, 0.25) is 0 Å². The van der Waals surface area contributed by atoms with Gasteiger partial charge in [-0.15, -0.1) is 0 Å². The summed E-state index contributed by atoms with van der Waals surface area (Å²) in [6.07, 6.45) is 1.42. The number of piperidine rings is 1. The molecule has 1 amide bonds. The fourth-order valence-corrected chi connectivity index (χ4v) is 3.08. The van der Waals surface area contributed by atoms with Crippen molar-refractivity contribution < 1.29 is 24.4 Å². The summed E-state index contributed by atoms with van der Waals surface area (Å²) in [5.74, 6) is -0.756. The van der Waals surface area contributed by atoms with E-state index < -0.39 is 10.9 Å². The van der Waals surface area contributed by atoms with Crippen LogP contribution >= 0.6 is 0 Å². The lowest BCUT2D eigenvalue weighted by Gasteiger charge is -2.37. The number of benzene rings is 1. The zero-order valence-corrected chi connectivity index (χ0v) is 14.7. The van der Waals surface area contributed by atoms with Crippen molar-refractivity contribution in [3.63, 3.8) is 0 Å². The molecule has 0 saturated carbocycles. The molecule has 0 unspecified atom stereocenters. The van der Waals surface area contributed by atoms with Gasteiger partial charge in [-0.1, -0.05) is 13.0 Å². The highest BCUT2D eigenvalue weighted by molar-refractivity contribution is 5.78. The van der Waals surface area contributed by atoms with E-state index in [0.29, 0.717) is 32.5 Å². The van der Waals surface area contributed by atoms with Crippen LogP contribution in [0.3, 0.4) is 0 Å². The lowest BCUT2D eigenvalue weighted by Crippen LogP contribution is -2.49. The molecule has 1 heterocycles. The monoisotopic (exact) mass is 365 g/mol. The molecular weight excluding hydrogens is 342 g/mol. The number of carbonyl (C=O) groups is 2. The first-order valence-electron chi connectivity index (χ1n) is 8.51. The fraction of sp³-hybridized carbons (Fsp3) is 0.529. The predicted octanol–water partition coefficient (Wildman–Crippen LogP) is 1.37. The number of rotatable bonds is 8. The smallest absolute Gasteiger partial charge is 0.317 e. The Bertz CT molecular complexity index is 658. The summed E-state index contributed by atoms with van der Waals surface area (Å²) in [6, 6.07) is 5.86. The van der Waals surface area contributed by atoms with Crippen LogP contribution in [0, 0.1) is 10.1 Å². The van der Waals surface area contributed by atoms with E-state index >= 15 is 0 Å². The first-order chi connectivity index (χ1) is 12.4. The fourth-order valence-electron chi connectivity index (χ4n) is 3.08. The summed E-state index contributed by atoms with van der Waals surface area (Å²) in [4.78, 5) is 37.0. The van der Waals surface area contributed by atoms with E-state index in [1.54, 1.807) is 11.0 Å². The summed E-state index contributed by atoms with van der Waals surface area (Å²) < 4.78 is 5.38. The predicted molar refractivity (Wildman–Crippen MR) is 93.1 cm³/mol. The van der Waals surface area contributed by atoms with Crippen molar-refractivity contribution >= 4 is 17.6 Å². The summed E-state index contributed by atoms with van der Waals surface area (Å²) >= 11 is 0. The van der Waals surface area contributed by atoms with E-state index in [1.165, 1.54) is 18.2 Å². The number of nitro groups is 1. The SMILES string of the molecule is CCN(CC(=O)O)C1CCN(C(=O)COc2cccc([N+](=O)[O-])c2)CC1. The number of hydrogen-bond donors (Lipinski definition) is 1. The van der Waals surface area contributed by atoms with E-state index in [-0.39, 0.29) is 36.5 Å². The van der Waals surface area contributed by atoms with E-state index in [4.69, 9.17) is 9.84 Å². The Morgan fingerprint density at radius 1 is 1.38 bits per heavy atom. The van der Waals surface area contributed by atoms with Crippen LogP contribution < -0.4 is 4.74 Å². The van der Waals surface area contributed by atoms with Crippen LogP contribution in [0.1, 0.15) is 19.8 Å². The lowest BCUT2D eigenvalue weighted by atomic mass is 10.0. The minimum atomic E-state index is -0.851. The number of non-ortho nitro benzene ring substituents is 1. The van der Waals surface area contributed by atoms with Crippen LogP contribution in [0.5, 0.6) is 5.75 Å². The van der Waals surface area contributed by atoms with Gasteiger partial charge in [0, 0.05) is 25.2 Å². The normalized spacial score (nSPS) is 15.1. The molecule has 2 rings (SSSR count). The number of nitrogens with zero attached hydrogens (tertiary/aromatic N) is 3. The highest BCUT2D eigenvalue weighted by Crippen LogP contribution is 2.20. The van der Waals surface area contributed by atoms with Crippen molar-refractivity contribution in [2.24, 2.45) is 0 Å². The average Bonchev–Trinajstić information content (AvgIpc) is 2.64. The maximum atomic E-state index is 12.3. The number of amides is 1. The zero-order chi connectivity index (χ0) is 19.1. The number of likely N-dealkylation sites (N-methyl/N-ethyl adjacent to an activating group) is 1. The van der Waals surface area contributed by atoms with Gasteiger partial charge in [-0.2, -0.15) is 0 Å². The molecule has 0 aliphatic carbocycles. The number of carboxylic acid groups (broad SMARTS) is 1. The van der Waals surface area contributed by atoms with E-state index in [1.807, 2.05) is 11.8 Å². The molecule has 1 fully saturated rings. The lowest BCUT2D eigenvalue weighted by molar-refractivity contribution is -0.384. The molecule has 0 radical (unpaired) electrons. The molecule has 1 N–H and O–H groups in total. The molecule has 1 aromatic carbocycles. The molecule has 0 aromatic heterocycles.